The first kappa shape index (κ1) is 11.2. The Hall–Kier alpha value is 1.32. The molecule has 42 valence electrons. The van der Waals surface area contributed by atoms with Crippen molar-refractivity contribution in [1.82, 2.24) is 0 Å². The zero-order valence-electron chi connectivity index (χ0n) is 5.62. The van der Waals surface area contributed by atoms with Crippen LogP contribution in [0, 0.1) is 0 Å². The summed E-state index contributed by atoms with van der Waals surface area (Å²) in [5, 5.41) is 0. The van der Waals surface area contributed by atoms with Crippen molar-refractivity contribution < 1.29 is 16.4 Å². The van der Waals surface area contributed by atoms with Crippen LogP contribution in [0.2, 0.25) is 25.2 Å². The SMILES string of the molecule is Br.[CH3][Zn][Si](C)(C)C. The van der Waals surface area contributed by atoms with Gasteiger partial charge in [-0.2, -0.15) is 0 Å². The maximum atomic E-state index is 2.47. The summed E-state index contributed by atoms with van der Waals surface area (Å²) in [6, 6.07) is 0. The number of hydrogen-bond acceptors (Lipinski definition) is 0. The number of hydrogen-bond donors (Lipinski definition) is 0. The van der Waals surface area contributed by atoms with E-state index in [4.69, 9.17) is 0 Å². The van der Waals surface area contributed by atoms with Gasteiger partial charge in [-0.05, 0) is 0 Å². The van der Waals surface area contributed by atoms with Gasteiger partial charge in [0.1, 0.15) is 0 Å². The Bertz CT molecular complexity index is 41.4. The van der Waals surface area contributed by atoms with Crippen molar-refractivity contribution in [3.8, 4) is 0 Å². The summed E-state index contributed by atoms with van der Waals surface area (Å²) in [4.78, 5) is 0. The minimum absolute atomic E-state index is 0. The Balaban J connectivity index is 0. The summed E-state index contributed by atoms with van der Waals surface area (Å²) >= 11 is 0.0347. The summed E-state index contributed by atoms with van der Waals surface area (Å²) < 4.78 is 0. The van der Waals surface area contributed by atoms with Crippen LogP contribution in [0.3, 0.4) is 0 Å². The molecular weight excluding hydrogens is 221 g/mol. The zero-order valence-corrected chi connectivity index (χ0v) is 11.3. The summed E-state index contributed by atoms with van der Waals surface area (Å²) in [7, 11) is 0. The quantitative estimate of drug-likeness (QED) is 0.612. The molecule has 0 saturated carbocycles. The number of halogens is 1. The molecule has 0 aliphatic heterocycles. The summed E-state index contributed by atoms with van der Waals surface area (Å²) in [5.74, 6) is 0. The third kappa shape index (κ3) is 11.1. The van der Waals surface area contributed by atoms with E-state index in [0.717, 1.165) is 0 Å². The van der Waals surface area contributed by atoms with Gasteiger partial charge in [0.05, 0.1) is 0 Å². The van der Waals surface area contributed by atoms with Gasteiger partial charge in [-0.25, -0.2) is 0 Å². The molecule has 0 atom stereocenters. The molecule has 0 spiro atoms. The van der Waals surface area contributed by atoms with Crippen molar-refractivity contribution in [3.63, 3.8) is 0 Å². The van der Waals surface area contributed by atoms with Crippen LogP contribution < -0.4 is 0 Å². The van der Waals surface area contributed by atoms with Crippen LogP contribution in [0.4, 0.5) is 0 Å². The molecule has 0 aromatic heterocycles. The predicted molar refractivity (Wildman–Crippen MR) is 39.5 cm³/mol. The first-order chi connectivity index (χ1) is 2.56. The molecule has 7 heavy (non-hydrogen) atoms. The molecule has 0 heterocycles. The molecule has 0 radical (unpaired) electrons. The van der Waals surface area contributed by atoms with E-state index in [1.165, 1.54) is 0 Å². The van der Waals surface area contributed by atoms with Crippen molar-refractivity contribution in [2.24, 2.45) is 0 Å². The monoisotopic (exact) mass is 232 g/mol. The van der Waals surface area contributed by atoms with Crippen molar-refractivity contribution in [2.45, 2.75) is 25.2 Å². The molecule has 0 rings (SSSR count). The third-order valence-electron chi connectivity index (χ3n) is 1.06. The van der Waals surface area contributed by atoms with Gasteiger partial charge in [0, 0.05) is 0 Å². The standard InChI is InChI=1S/C3H9Si.CH3.BrH.Zn/c1-4(2)3;;;/h1-3H3;1H3;1H;. The van der Waals surface area contributed by atoms with Crippen LogP contribution in [0.25, 0.3) is 0 Å². The average molecular weight is 235 g/mol. The summed E-state index contributed by atoms with van der Waals surface area (Å²) in [6.07, 6.45) is -0.444. The van der Waals surface area contributed by atoms with Crippen molar-refractivity contribution in [3.05, 3.63) is 0 Å². The van der Waals surface area contributed by atoms with Gasteiger partial charge < -0.3 is 0 Å². The molecule has 0 aromatic carbocycles. The molecule has 0 aliphatic rings. The second kappa shape index (κ2) is 4.22. The van der Waals surface area contributed by atoms with E-state index in [-0.39, 0.29) is 33.4 Å². The Morgan fingerprint density at radius 1 is 1.14 bits per heavy atom. The second-order valence-electron chi connectivity index (χ2n) is 2.91. The van der Waals surface area contributed by atoms with Crippen LogP contribution >= 0.6 is 17.0 Å². The van der Waals surface area contributed by atoms with Gasteiger partial charge in [-0.1, -0.05) is 0 Å². The van der Waals surface area contributed by atoms with E-state index in [9.17, 15) is 0 Å². The fourth-order valence-electron chi connectivity index (χ4n) is 0. The van der Waals surface area contributed by atoms with Crippen LogP contribution in [0.15, 0.2) is 0 Å². The maximum absolute atomic E-state index is 2.47. The first-order valence-electron chi connectivity index (χ1n) is 2.56. The van der Waals surface area contributed by atoms with E-state index >= 15 is 0 Å². The molecule has 0 aliphatic carbocycles. The van der Waals surface area contributed by atoms with Crippen molar-refractivity contribution in [1.29, 1.82) is 0 Å². The van der Waals surface area contributed by atoms with Gasteiger partial charge in [0.15, 0.2) is 0 Å². The van der Waals surface area contributed by atoms with Crippen LogP contribution in [-0.2, 0) is 16.4 Å². The first-order valence-corrected chi connectivity index (χ1v) is 13.7. The fraction of sp³-hybridized carbons (Fsp3) is 1.00. The van der Waals surface area contributed by atoms with Gasteiger partial charge in [-0.3, -0.25) is 0 Å². The van der Waals surface area contributed by atoms with E-state index in [0.29, 0.717) is 0 Å². The van der Waals surface area contributed by atoms with Crippen molar-refractivity contribution in [2.75, 3.05) is 0 Å². The fourth-order valence-corrected chi connectivity index (χ4v) is 0. The van der Waals surface area contributed by atoms with Crippen LogP contribution in [0.1, 0.15) is 0 Å². The molecule has 0 nitrogen and oxygen atoms in total. The molecular formula is C4H13BrSiZn. The molecule has 0 bridgehead atoms. The predicted octanol–water partition coefficient (Wildman–Crippen LogP) is 2.53. The Labute approximate surface area is 64.8 Å². The minimum atomic E-state index is -0.444. The Kier molecular flexibility index (Phi) is 6.74. The van der Waals surface area contributed by atoms with Crippen molar-refractivity contribution >= 4 is 23.3 Å². The molecule has 0 fully saturated rings. The molecule has 0 aromatic rings. The number of rotatable bonds is 1. The molecule has 0 saturated heterocycles. The van der Waals surface area contributed by atoms with Gasteiger partial charge in [-0.15, -0.1) is 17.0 Å². The molecule has 3 heteroatoms. The van der Waals surface area contributed by atoms with E-state index in [1.807, 2.05) is 0 Å². The normalized spacial score (nSPS) is 9.14. The van der Waals surface area contributed by atoms with Crippen LogP contribution in [0.5, 0.6) is 0 Å². The van der Waals surface area contributed by atoms with Gasteiger partial charge in [0.25, 0.3) is 0 Å². The molecule has 0 amide bonds. The van der Waals surface area contributed by atoms with E-state index in [1.54, 1.807) is 0 Å². The summed E-state index contributed by atoms with van der Waals surface area (Å²) in [5.41, 5.74) is 2.46. The van der Waals surface area contributed by atoms with E-state index < -0.39 is 6.30 Å². The van der Waals surface area contributed by atoms with E-state index in [2.05, 4.69) is 25.2 Å². The molecule has 0 N–H and O–H groups in total. The van der Waals surface area contributed by atoms with Crippen LogP contribution in [-0.4, -0.2) is 6.30 Å². The zero-order chi connectivity index (χ0) is 5.21. The summed E-state index contributed by atoms with van der Waals surface area (Å²) in [6.45, 7) is 7.40. The molecule has 0 unspecified atom stereocenters. The van der Waals surface area contributed by atoms with Gasteiger partial charge >= 0.3 is 47.9 Å². The Morgan fingerprint density at radius 2 is 1.29 bits per heavy atom. The van der Waals surface area contributed by atoms with Gasteiger partial charge in [0.2, 0.25) is 0 Å². The topological polar surface area (TPSA) is 0 Å². The second-order valence-corrected chi connectivity index (χ2v) is 26.5. The Morgan fingerprint density at radius 3 is 1.29 bits per heavy atom. The third-order valence-corrected chi connectivity index (χ3v) is 16.5. The average Bonchev–Trinajstić information content (AvgIpc) is 1.35.